The second-order valence-corrected chi connectivity index (χ2v) is 7.76. The molecule has 0 atom stereocenters. The zero-order valence-electron chi connectivity index (χ0n) is 16.2. The zero-order chi connectivity index (χ0) is 18.7. The maximum atomic E-state index is 12.6. The average molecular weight is 406 g/mol. The normalized spacial score (nSPS) is 18.3. The molecule has 8 heteroatoms. The fourth-order valence-electron chi connectivity index (χ4n) is 3.72. The topological polar surface area (TPSA) is 91.9 Å². The molecule has 0 bridgehead atoms. The first-order chi connectivity index (χ1) is 13.2. The summed E-state index contributed by atoms with van der Waals surface area (Å²) in [6, 6.07) is 7.49. The van der Waals surface area contributed by atoms with Crippen LogP contribution in [0.3, 0.4) is 0 Å². The molecule has 1 aliphatic carbocycles. The van der Waals surface area contributed by atoms with E-state index in [-0.39, 0.29) is 23.7 Å². The Morgan fingerprint density at radius 1 is 1.25 bits per heavy atom. The SMILES string of the molecule is COCC1(CNC(=O)c2ccc(-c3n[nH]c(C4CC4)n3)cc2)CCNCC1.Cl. The van der Waals surface area contributed by atoms with Crippen molar-refractivity contribution in [3.8, 4) is 11.4 Å². The van der Waals surface area contributed by atoms with Crippen molar-refractivity contribution in [3.63, 3.8) is 0 Å². The first-order valence-corrected chi connectivity index (χ1v) is 9.70. The Morgan fingerprint density at radius 2 is 1.96 bits per heavy atom. The quantitative estimate of drug-likeness (QED) is 0.658. The van der Waals surface area contributed by atoms with Crippen LogP contribution in [-0.2, 0) is 4.74 Å². The molecule has 1 aromatic heterocycles. The summed E-state index contributed by atoms with van der Waals surface area (Å²) >= 11 is 0. The molecule has 0 spiro atoms. The molecule has 7 nitrogen and oxygen atoms in total. The Balaban J connectivity index is 0.00000225. The highest BCUT2D eigenvalue weighted by molar-refractivity contribution is 5.94. The van der Waals surface area contributed by atoms with E-state index < -0.39 is 0 Å². The lowest BCUT2D eigenvalue weighted by molar-refractivity contribution is 0.0512. The Bertz CT molecular complexity index is 777. The third-order valence-electron chi connectivity index (χ3n) is 5.61. The number of halogens is 1. The molecule has 2 fully saturated rings. The number of aromatic amines is 1. The van der Waals surface area contributed by atoms with Crippen LogP contribution in [-0.4, -0.2) is 54.4 Å². The molecule has 1 amide bonds. The van der Waals surface area contributed by atoms with Gasteiger partial charge in [-0.2, -0.15) is 5.10 Å². The van der Waals surface area contributed by atoms with E-state index in [1.165, 1.54) is 12.8 Å². The highest BCUT2D eigenvalue weighted by Gasteiger charge is 2.32. The number of nitrogens with zero attached hydrogens (tertiary/aromatic N) is 2. The summed E-state index contributed by atoms with van der Waals surface area (Å²) in [5.41, 5.74) is 1.59. The number of carbonyl (C=O) groups is 1. The van der Waals surface area contributed by atoms with Crippen LogP contribution in [0.1, 0.15) is 47.8 Å². The van der Waals surface area contributed by atoms with Gasteiger partial charge in [0.15, 0.2) is 5.82 Å². The minimum atomic E-state index is -0.0517. The van der Waals surface area contributed by atoms with E-state index in [2.05, 4.69) is 25.8 Å². The number of rotatable bonds is 7. The van der Waals surface area contributed by atoms with Gasteiger partial charge in [-0.3, -0.25) is 9.89 Å². The summed E-state index contributed by atoms with van der Waals surface area (Å²) in [4.78, 5) is 17.1. The van der Waals surface area contributed by atoms with Crippen molar-refractivity contribution in [3.05, 3.63) is 35.7 Å². The van der Waals surface area contributed by atoms with E-state index in [9.17, 15) is 4.79 Å². The Hall–Kier alpha value is -1.96. The zero-order valence-corrected chi connectivity index (χ0v) is 17.0. The molecule has 1 aromatic carbocycles. The van der Waals surface area contributed by atoms with Crippen molar-refractivity contribution in [1.82, 2.24) is 25.8 Å². The second-order valence-electron chi connectivity index (χ2n) is 7.76. The number of hydrogen-bond acceptors (Lipinski definition) is 5. The van der Waals surface area contributed by atoms with Gasteiger partial charge in [0.25, 0.3) is 5.91 Å². The number of methoxy groups -OCH3 is 1. The van der Waals surface area contributed by atoms with Gasteiger partial charge >= 0.3 is 0 Å². The summed E-state index contributed by atoms with van der Waals surface area (Å²) in [7, 11) is 1.72. The molecule has 2 heterocycles. The van der Waals surface area contributed by atoms with E-state index in [1.54, 1.807) is 7.11 Å². The van der Waals surface area contributed by atoms with Gasteiger partial charge in [0.2, 0.25) is 0 Å². The molecular formula is C20H28ClN5O2. The van der Waals surface area contributed by atoms with Crippen LogP contribution in [0.2, 0.25) is 0 Å². The lowest BCUT2D eigenvalue weighted by Gasteiger charge is -2.37. The van der Waals surface area contributed by atoms with Gasteiger partial charge in [-0.1, -0.05) is 12.1 Å². The number of nitrogens with one attached hydrogen (secondary N) is 3. The summed E-state index contributed by atoms with van der Waals surface area (Å²) in [6.45, 7) is 3.23. The Morgan fingerprint density at radius 3 is 2.61 bits per heavy atom. The molecule has 0 unspecified atom stereocenters. The fraction of sp³-hybridized carbons (Fsp3) is 0.550. The number of aromatic nitrogens is 3. The van der Waals surface area contributed by atoms with Crippen LogP contribution in [0.5, 0.6) is 0 Å². The predicted molar refractivity (Wildman–Crippen MR) is 110 cm³/mol. The van der Waals surface area contributed by atoms with Crippen molar-refractivity contribution in [1.29, 1.82) is 0 Å². The number of benzene rings is 1. The van der Waals surface area contributed by atoms with E-state index in [0.29, 0.717) is 30.5 Å². The molecule has 3 N–H and O–H groups in total. The van der Waals surface area contributed by atoms with E-state index in [4.69, 9.17) is 4.74 Å². The van der Waals surface area contributed by atoms with Gasteiger partial charge in [-0.25, -0.2) is 4.98 Å². The predicted octanol–water partition coefficient (Wildman–Crippen LogP) is 2.52. The minimum absolute atomic E-state index is 0. The first-order valence-electron chi connectivity index (χ1n) is 9.70. The van der Waals surface area contributed by atoms with E-state index in [0.717, 1.165) is 37.3 Å². The van der Waals surface area contributed by atoms with Gasteiger partial charge in [0.05, 0.1) is 6.61 Å². The molecule has 152 valence electrons. The van der Waals surface area contributed by atoms with Gasteiger partial charge < -0.3 is 15.4 Å². The lowest BCUT2D eigenvalue weighted by Crippen LogP contribution is -2.47. The number of ether oxygens (including phenoxy) is 1. The summed E-state index contributed by atoms with van der Waals surface area (Å²) < 4.78 is 5.41. The second kappa shape index (κ2) is 9.03. The monoisotopic (exact) mass is 405 g/mol. The maximum absolute atomic E-state index is 12.6. The fourth-order valence-corrected chi connectivity index (χ4v) is 3.72. The standard InChI is InChI=1S/C20H27N5O2.ClH/c1-27-13-20(8-10-21-11-9-20)12-22-19(26)16-6-4-15(5-7-16)18-23-17(24-25-18)14-2-3-14;/h4-7,14,21H,2-3,8-13H2,1H3,(H,22,26)(H,23,24,25);1H. The summed E-state index contributed by atoms with van der Waals surface area (Å²) in [6.07, 6.45) is 4.39. The number of hydrogen-bond donors (Lipinski definition) is 3. The third-order valence-corrected chi connectivity index (χ3v) is 5.61. The largest absolute Gasteiger partial charge is 0.384 e. The Kier molecular flexibility index (Phi) is 6.69. The summed E-state index contributed by atoms with van der Waals surface area (Å²) in [5.74, 6) is 2.16. The molecular weight excluding hydrogens is 378 g/mol. The number of H-pyrrole nitrogens is 1. The van der Waals surface area contributed by atoms with Crippen LogP contribution in [0.25, 0.3) is 11.4 Å². The molecule has 1 aliphatic heterocycles. The van der Waals surface area contributed by atoms with Crippen LogP contribution < -0.4 is 10.6 Å². The number of amides is 1. The molecule has 2 aliphatic rings. The first kappa shape index (κ1) is 20.8. The average Bonchev–Trinajstić information content (AvgIpc) is 3.44. The molecule has 1 saturated carbocycles. The van der Waals surface area contributed by atoms with Crippen LogP contribution in [0.15, 0.2) is 24.3 Å². The van der Waals surface area contributed by atoms with Crippen LogP contribution >= 0.6 is 12.4 Å². The molecule has 4 rings (SSSR count). The van der Waals surface area contributed by atoms with Crippen LogP contribution in [0.4, 0.5) is 0 Å². The highest BCUT2D eigenvalue weighted by Crippen LogP contribution is 2.38. The minimum Gasteiger partial charge on any atom is -0.384 e. The van der Waals surface area contributed by atoms with Crippen LogP contribution in [0, 0.1) is 5.41 Å². The van der Waals surface area contributed by atoms with Gasteiger partial charge in [-0.15, -0.1) is 12.4 Å². The van der Waals surface area contributed by atoms with Crippen molar-refractivity contribution in [2.24, 2.45) is 5.41 Å². The molecule has 28 heavy (non-hydrogen) atoms. The molecule has 2 aromatic rings. The summed E-state index contributed by atoms with van der Waals surface area (Å²) in [5, 5.41) is 13.8. The number of carbonyl (C=O) groups excluding carboxylic acids is 1. The van der Waals surface area contributed by atoms with Gasteiger partial charge in [-0.05, 0) is 50.9 Å². The maximum Gasteiger partial charge on any atom is 0.251 e. The van der Waals surface area contributed by atoms with Gasteiger partial charge in [0.1, 0.15) is 5.82 Å². The number of piperidine rings is 1. The molecule has 0 radical (unpaired) electrons. The van der Waals surface area contributed by atoms with Crippen molar-refractivity contribution >= 4 is 18.3 Å². The van der Waals surface area contributed by atoms with E-state index >= 15 is 0 Å². The molecule has 1 saturated heterocycles. The van der Waals surface area contributed by atoms with Crippen molar-refractivity contribution in [2.45, 2.75) is 31.6 Å². The van der Waals surface area contributed by atoms with Crippen molar-refractivity contribution < 1.29 is 9.53 Å². The Labute approximate surface area is 171 Å². The van der Waals surface area contributed by atoms with E-state index in [1.807, 2.05) is 24.3 Å². The highest BCUT2D eigenvalue weighted by atomic mass is 35.5. The van der Waals surface area contributed by atoms with Crippen molar-refractivity contribution in [2.75, 3.05) is 33.4 Å². The smallest absolute Gasteiger partial charge is 0.251 e. The third kappa shape index (κ3) is 4.71. The van der Waals surface area contributed by atoms with Gasteiger partial charge in [0, 0.05) is 36.1 Å². The lowest BCUT2D eigenvalue weighted by atomic mass is 9.79.